The molecule has 0 radical (unpaired) electrons. The van der Waals surface area contributed by atoms with E-state index in [1.165, 1.54) is 12.1 Å². The first-order valence-corrected chi connectivity index (χ1v) is 9.31. The van der Waals surface area contributed by atoms with Gasteiger partial charge < -0.3 is 10.1 Å². The molecule has 3 aromatic rings. The predicted octanol–water partition coefficient (Wildman–Crippen LogP) is 1.68. The van der Waals surface area contributed by atoms with Crippen molar-refractivity contribution in [2.75, 3.05) is 13.2 Å². The Morgan fingerprint density at radius 1 is 1.25 bits per heavy atom. The van der Waals surface area contributed by atoms with Gasteiger partial charge in [-0.1, -0.05) is 12.1 Å². The van der Waals surface area contributed by atoms with Crippen molar-refractivity contribution in [3.8, 4) is 0 Å². The van der Waals surface area contributed by atoms with Gasteiger partial charge in [-0.25, -0.2) is 14.2 Å². The smallest absolute Gasteiger partial charge is 0.330 e. The van der Waals surface area contributed by atoms with E-state index in [1.54, 1.807) is 33.5 Å². The van der Waals surface area contributed by atoms with Gasteiger partial charge >= 0.3 is 5.69 Å². The van der Waals surface area contributed by atoms with Crippen LogP contribution in [0.25, 0.3) is 11.2 Å². The molecule has 1 aliphatic heterocycles. The number of halogens is 1. The lowest BCUT2D eigenvalue weighted by atomic mass is 10.2. The van der Waals surface area contributed by atoms with Crippen molar-refractivity contribution in [1.29, 1.82) is 0 Å². The van der Waals surface area contributed by atoms with Gasteiger partial charge in [-0.05, 0) is 42.7 Å². The van der Waals surface area contributed by atoms with Gasteiger partial charge in [0.1, 0.15) is 11.9 Å². The molecule has 0 unspecified atom stereocenters. The van der Waals surface area contributed by atoms with E-state index in [1.807, 2.05) is 6.07 Å². The summed E-state index contributed by atoms with van der Waals surface area (Å²) in [6, 6.07) is 9.66. The van der Waals surface area contributed by atoms with E-state index in [0.29, 0.717) is 37.4 Å². The number of nitrogens with one attached hydrogen (secondary N) is 1. The highest BCUT2D eigenvalue weighted by Gasteiger charge is 2.23. The number of nitrogens with zero attached hydrogens (tertiary/aromatic N) is 3. The normalized spacial score (nSPS) is 16.5. The summed E-state index contributed by atoms with van der Waals surface area (Å²) < 4.78 is 21.7. The highest BCUT2D eigenvalue weighted by molar-refractivity contribution is 5.81. The van der Waals surface area contributed by atoms with Gasteiger partial charge in [0.05, 0.1) is 12.1 Å². The Labute approximate surface area is 160 Å². The molecule has 8 heteroatoms. The molecule has 1 saturated heterocycles. The summed E-state index contributed by atoms with van der Waals surface area (Å²) in [7, 11) is 0. The van der Waals surface area contributed by atoms with Gasteiger partial charge in [-0.2, -0.15) is 0 Å². The zero-order valence-electron chi connectivity index (χ0n) is 15.3. The molecule has 28 heavy (non-hydrogen) atoms. The molecule has 3 heterocycles. The molecule has 4 rings (SSSR count). The van der Waals surface area contributed by atoms with Crippen molar-refractivity contribution in [1.82, 2.24) is 19.4 Å². The van der Waals surface area contributed by atoms with Gasteiger partial charge in [0.2, 0.25) is 5.91 Å². The third kappa shape index (κ3) is 3.68. The van der Waals surface area contributed by atoms with Gasteiger partial charge in [0.25, 0.3) is 0 Å². The SMILES string of the molecule is O=C(NCCn1c(=O)n(Cc2ccc(F)cc2)c2cccnc21)[C@@H]1CCCO1. The summed E-state index contributed by atoms with van der Waals surface area (Å²) in [6.45, 7) is 1.54. The summed E-state index contributed by atoms with van der Waals surface area (Å²) >= 11 is 0. The number of aromatic nitrogens is 3. The van der Waals surface area contributed by atoms with Gasteiger partial charge in [0.15, 0.2) is 5.65 Å². The third-order valence-corrected chi connectivity index (χ3v) is 4.89. The molecule has 0 spiro atoms. The topological polar surface area (TPSA) is 78.2 Å². The first-order valence-electron chi connectivity index (χ1n) is 9.31. The fraction of sp³-hybridized carbons (Fsp3) is 0.350. The van der Waals surface area contributed by atoms with Gasteiger partial charge in [0, 0.05) is 25.9 Å². The van der Waals surface area contributed by atoms with E-state index < -0.39 is 6.10 Å². The monoisotopic (exact) mass is 384 g/mol. The standard InChI is InChI=1S/C20H21FN4O3/c21-15-7-5-14(6-8-15)13-25-16-3-1-9-22-18(16)24(20(25)27)11-10-23-19(26)17-4-2-12-28-17/h1,3,5-9,17H,2,4,10-13H2,(H,23,26)/t17-/m0/s1. The first kappa shape index (κ1) is 18.4. The molecule has 0 aliphatic carbocycles. The summed E-state index contributed by atoms with van der Waals surface area (Å²) in [6.07, 6.45) is 2.85. The van der Waals surface area contributed by atoms with Crippen LogP contribution in [0.5, 0.6) is 0 Å². The van der Waals surface area contributed by atoms with E-state index in [9.17, 15) is 14.0 Å². The van der Waals surface area contributed by atoms with Crippen molar-refractivity contribution < 1.29 is 13.9 Å². The second-order valence-corrected chi connectivity index (χ2v) is 6.79. The Hall–Kier alpha value is -3.00. The van der Waals surface area contributed by atoms with Gasteiger partial charge in [-0.15, -0.1) is 0 Å². The van der Waals surface area contributed by atoms with Crippen LogP contribution in [0, 0.1) is 5.82 Å². The molecule has 1 aliphatic rings. The minimum Gasteiger partial charge on any atom is -0.368 e. The Morgan fingerprint density at radius 2 is 2.07 bits per heavy atom. The fourth-order valence-corrected chi connectivity index (χ4v) is 3.46. The van der Waals surface area contributed by atoms with E-state index in [4.69, 9.17) is 4.74 Å². The largest absolute Gasteiger partial charge is 0.368 e. The van der Waals surface area contributed by atoms with Crippen LogP contribution >= 0.6 is 0 Å². The summed E-state index contributed by atoms with van der Waals surface area (Å²) in [5.74, 6) is -0.462. The number of hydrogen-bond acceptors (Lipinski definition) is 4. The number of fused-ring (bicyclic) bond motifs is 1. The Bertz CT molecular complexity index is 1040. The van der Waals surface area contributed by atoms with Crippen LogP contribution in [0.4, 0.5) is 4.39 Å². The van der Waals surface area contributed by atoms with Crippen molar-refractivity contribution in [3.63, 3.8) is 0 Å². The molecular formula is C20H21FN4O3. The Kier molecular flexibility index (Phi) is 5.21. The number of hydrogen-bond donors (Lipinski definition) is 1. The number of pyridine rings is 1. The van der Waals surface area contributed by atoms with Crippen LogP contribution in [0.1, 0.15) is 18.4 Å². The molecule has 7 nitrogen and oxygen atoms in total. The molecule has 1 aromatic carbocycles. The highest BCUT2D eigenvalue weighted by atomic mass is 19.1. The zero-order chi connectivity index (χ0) is 19.5. The maximum Gasteiger partial charge on any atom is 0.330 e. The molecule has 1 N–H and O–H groups in total. The quantitative estimate of drug-likeness (QED) is 0.701. The molecular weight excluding hydrogens is 363 g/mol. The van der Waals surface area contributed by atoms with Crippen molar-refractivity contribution in [3.05, 3.63) is 64.5 Å². The Morgan fingerprint density at radius 3 is 2.82 bits per heavy atom. The minimum atomic E-state index is -0.394. The number of rotatable bonds is 6. The lowest BCUT2D eigenvalue weighted by molar-refractivity contribution is -0.130. The average Bonchev–Trinajstić information content (AvgIpc) is 3.33. The number of benzene rings is 1. The molecule has 146 valence electrons. The van der Waals surface area contributed by atoms with Crippen LogP contribution in [0.2, 0.25) is 0 Å². The highest BCUT2D eigenvalue weighted by Crippen LogP contribution is 2.13. The maximum atomic E-state index is 13.2. The predicted molar refractivity (Wildman–Crippen MR) is 101 cm³/mol. The van der Waals surface area contributed by atoms with E-state index in [2.05, 4.69) is 10.3 Å². The van der Waals surface area contributed by atoms with Crippen LogP contribution in [0.3, 0.4) is 0 Å². The number of amides is 1. The number of imidazole rings is 1. The second-order valence-electron chi connectivity index (χ2n) is 6.79. The van der Waals surface area contributed by atoms with Crippen molar-refractivity contribution in [2.24, 2.45) is 0 Å². The average molecular weight is 384 g/mol. The van der Waals surface area contributed by atoms with E-state index in [-0.39, 0.29) is 17.4 Å². The van der Waals surface area contributed by atoms with Crippen molar-refractivity contribution >= 4 is 17.1 Å². The van der Waals surface area contributed by atoms with Crippen LogP contribution in [-0.4, -0.2) is 39.3 Å². The lowest BCUT2D eigenvalue weighted by Crippen LogP contribution is -2.37. The van der Waals surface area contributed by atoms with Crippen LogP contribution in [0.15, 0.2) is 47.4 Å². The summed E-state index contributed by atoms with van der Waals surface area (Å²) in [5.41, 5.74) is 1.85. The number of ether oxygens (including phenoxy) is 1. The molecule has 0 bridgehead atoms. The fourth-order valence-electron chi connectivity index (χ4n) is 3.46. The number of carbonyl (C=O) groups is 1. The summed E-state index contributed by atoms with van der Waals surface area (Å²) in [4.78, 5) is 29.4. The first-order chi connectivity index (χ1) is 13.6. The summed E-state index contributed by atoms with van der Waals surface area (Å²) in [5, 5.41) is 2.83. The third-order valence-electron chi connectivity index (χ3n) is 4.89. The lowest BCUT2D eigenvalue weighted by Gasteiger charge is -2.10. The molecule has 1 atom stereocenters. The second kappa shape index (κ2) is 7.93. The molecule has 0 saturated carbocycles. The number of carbonyl (C=O) groups excluding carboxylic acids is 1. The van der Waals surface area contributed by atoms with E-state index in [0.717, 1.165) is 18.4 Å². The maximum absolute atomic E-state index is 13.2. The molecule has 1 fully saturated rings. The van der Waals surface area contributed by atoms with Gasteiger partial charge in [-0.3, -0.25) is 13.9 Å². The Balaban J connectivity index is 1.54. The molecule has 1 amide bonds. The van der Waals surface area contributed by atoms with Crippen LogP contribution in [-0.2, 0) is 22.6 Å². The van der Waals surface area contributed by atoms with Crippen LogP contribution < -0.4 is 11.0 Å². The zero-order valence-corrected chi connectivity index (χ0v) is 15.3. The molecule has 2 aromatic heterocycles. The van der Waals surface area contributed by atoms with Crippen molar-refractivity contribution in [2.45, 2.75) is 32.0 Å². The van der Waals surface area contributed by atoms with E-state index >= 15 is 0 Å². The minimum absolute atomic E-state index is 0.145.